The van der Waals surface area contributed by atoms with Gasteiger partial charge < -0.3 is 9.84 Å². The van der Waals surface area contributed by atoms with Crippen LogP contribution >= 0.6 is 11.3 Å². The van der Waals surface area contributed by atoms with E-state index in [-0.39, 0.29) is 11.4 Å². The molecule has 3 aromatic rings. The fraction of sp³-hybridized carbons (Fsp3) is 0.240. The van der Waals surface area contributed by atoms with E-state index in [1.54, 1.807) is 50.4 Å². The van der Waals surface area contributed by atoms with E-state index in [4.69, 9.17) is 4.74 Å². The van der Waals surface area contributed by atoms with Crippen LogP contribution in [0.2, 0.25) is 0 Å². The number of benzene rings is 1. The van der Waals surface area contributed by atoms with E-state index in [0.717, 1.165) is 10.4 Å². The summed E-state index contributed by atoms with van der Waals surface area (Å²) in [6.07, 6.45) is 1.58. The van der Waals surface area contributed by atoms with Crippen LogP contribution in [0.25, 0.3) is 10.4 Å². The van der Waals surface area contributed by atoms with E-state index in [9.17, 15) is 14.7 Å². The third-order valence-electron chi connectivity index (χ3n) is 5.37. The van der Waals surface area contributed by atoms with Gasteiger partial charge in [-0.05, 0) is 41.3 Å². The molecule has 1 atom stereocenters. The number of hydrogen-bond acceptors (Lipinski definition) is 6. The average Bonchev–Trinajstić information content (AvgIpc) is 3.40. The highest BCUT2D eigenvalue weighted by atomic mass is 32.1. The van der Waals surface area contributed by atoms with Gasteiger partial charge in [-0.2, -0.15) is 0 Å². The first kappa shape index (κ1) is 21.8. The molecule has 0 spiro atoms. The molecule has 1 amide bonds. The standard InChI is InChI=1S/C25H24N2O4S/c1-25(2,3)22(29)19-20(17-7-5-13-26-23(17)31-4)27(24(30)21(19)28)16-11-9-15(10-12-16)18-8-6-14-32-18/h5-14,20,28H,1-4H3. The van der Waals surface area contributed by atoms with Crippen LogP contribution in [-0.2, 0) is 9.59 Å². The number of ketones is 1. The lowest BCUT2D eigenvalue weighted by Gasteiger charge is -2.29. The normalized spacial score (nSPS) is 16.6. The summed E-state index contributed by atoms with van der Waals surface area (Å²) in [5.41, 5.74) is 1.37. The molecule has 164 valence electrons. The van der Waals surface area contributed by atoms with Crippen molar-refractivity contribution in [1.82, 2.24) is 4.98 Å². The first-order valence-electron chi connectivity index (χ1n) is 10.2. The highest BCUT2D eigenvalue weighted by molar-refractivity contribution is 7.13. The average molecular weight is 449 g/mol. The minimum Gasteiger partial charge on any atom is -0.503 e. The summed E-state index contributed by atoms with van der Waals surface area (Å²) in [5, 5.41) is 12.8. The Morgan fingerprint density at radius 1 is 1.12 bits per heavy atom. The lowest BCUT2D eigenvalue weighted by Crippen LogP contribution is -2.33. The Kier molecular flexibility index (Phi) is 5.60. The summed E-state index contributed by atoms with van der Waals surface area (Å²) in [7, 11) is 1.48. The third-order valence-corrected chi connectivity index (χ3v) is 6.29. The number of carbonyl (C=O) groups is 2. The van der Waals surface area contributed by atoms with Gasteiger partial charge in [0.1, 0.15) is 6.04 Å². The number of Topliss-reactive ketones (excluding diaryl/α,β-unsaturated/α-hetero) is 1. The van der Waals surface area contributed by atoms with Crippen molar-refractivity contribution in [1.29, 1.82) is 0 Å². The Hall–Kier alpha value is -3.45. The zero-order valence-corrected chi connectivity index (χ0v) is 19.1. The lowest BCUT2D eigenvalue weighted by atomic mass is 9.82. The van der Waals surface area contributed by atoms with Gasteiger partial charge in [0.2, 0.25) is 5.88 Å². The van der Waals surface area contributed by atoms with Gasteiger partial charge in [0.25, 0.3) is 5.91 Å². The van der Waals surface area contributed by atoms with E-state index >= 15 is 0 Å². The number of ether oxygens (including phenoxy) is 1. The minimum atomic E-state index is -0.856. The van der Waals surface area contributed by atoms with Crippen molar-refractivity contribution >= 4 is 28.7 Å². The molecule has 4 rings (SSSR count). The fourth-order valence-electron chi connectivity index (χ4n) is 3.81. The number of rotatable bonds is 5. The minimum absolute atomic E-state index is 0.0520. The monoisotopic (exact) mass is 448 g/mol. The van der Waals surface area contributed by atoms with E-state index in [0.29, 0.717) is 17.1 Å². The van der Waals surface area contributed by atoms with Crippen molar-refractivity contribution in [2.45, 2.75) is 26.8 Å². The zero-order chi connectivity index (χ0) is 23.0. The smallest absolute Gasteiger partial charge is 0.294 e. The maximum absolute atomic E-state index is 13.3. The predicted molar refractivity (Wildman–Crippen MR) is 125 cm³/mol. The van der Waals surface area contributed by atoms with Gasteiger partial charge in [0, 0.05) is 27.7 Å². The number of pyridine rings is 1. The molecular formula is C25H24N2O4S. The molecule has 0 radical (unpaired) electrons. The molecule has 1 aliphatic rings. The lowest BCUT2D eigenvalue weighted by molar-refractivity contribution is -0.123. The molecule has 7 heteroatoms. The Bertz CT molecular complexity index is 1190. The molecular weight excluding hydrogens is 424 g/mol. The van der Waals surface area contributed by atoms with Crippen LogP contribution in [0, 0.1) is 5.41 Å². The molecule has 1 N–H and O–H groups in total. The second kappa shape index (κ2) is 8.24. The topological polar surface area (TPSA) is 79.7 Å². The summed E-state index contributed by atoms with van der Waals surface area (Å²) in [4.78, 5) is 33.4. The summed E-state index contributed by atoms with van der Waals surface area (Å²) < 4.78 is 5.43. The number of carbonyl (C=O) groups excluding carboxylic acids is 2. The molecule has 1 aromatic carbocycles. The number of amides is 1. The van der Waals surface area contributed by atoms with E-state index in [1.165, 1.54) is 12.0 Å². The van der Waals surface area contributed by atoms with E-state index < -0.39 is 23.1 Å². The molecule has 3 heterocycles. The molecule has 1 unspecified atom stereocenters. The Morgan fingerprint density at radius 2 is 1.84 bits per heavy atom. The summed E-state index contributed by atoms with van der Waals surface area (Å²) >= 11 is 1.63. The molecule has 0 fully saturated rings. The second-order valence-corrected chi connectivity index (χ2v) is 9.49. The first-order valence-corrected chi connectivity index (χ1v) is 11.1. The molecule has 0 aliphatic carbocycles. The first-order chi connectivity index (χ1) is 15.2. The molecule has 2 aromatic heterocycles. The van der Waals surface area contributed by atoms with Gasteiger partial charge in [0.05, 0.1) is 12.7 Å². The summed E-state index contributed by atoms with van der Waals surface area (Å²) in [6, 6.07) is 14.1. The SMILES string of the molecule is COc1ncccc1C1C(C(=O)C(C)(C)C)=C(O)C(=O)N1c1ccc(-c2cccs2)cc1. The van der Waals surface area contributed by atoms with Crippen molar-refractivity contribution < 1.29 is 19.4 Å². The maximum atomic E-state index is 13.3. The van der Waals surface area contributed by atoms with Crippen molar-refractivity contribution in [3.63, 3.8) is 0 Å². The highest BCUT2D eigenvalue weighted by Crippen LogP contribution is 2.45. The largest absolute Gasteiger partial charge is 0.503 e. The number of aliphatic hydroxyl groups is 1. The van der Waals surface area contributed by atoms with Crippen LogP contribution in [-0.4, -0.2) is 28.9 Å². The fourth-order valence-corrected chi connectivity index (χ4v) is 4.55. The number of thiophene rings is 1. The molecule has 32 heavy (non-hydrogen) atoms. The molecule has 0 saturated heterocycles. The Balaban J connectivity index is 1.86. The molecule has 1 aliphatic heterocycles. The second-order valence-electron chi connectivity index (χ2n) is 8.55. The summed E-state index contributed by atoms with van der Waals surface area (Å²) in [5.74, 6) is -1.18. The van der Waals surface area contributed by atoms with Gasteiger partial charge in [-0.15, -0.1) is 11.3 Å². The van der Waals surface area contributed by atoms with Crippen molar-refractivity contribution in [3.05, 3.63) is 77.0 Å². The van der Waals surface area contributed by atoms with Gasteiger partial charge in [0.15, 0.2) is 11.5 Å². The number of anilines is 1. The van der Waals surface area contributed by atoms with Gasteiger partial charge in [-0.3, -0.25) is 14.5 Å². The molecule has 0 bridgehead atoms. The third kappa shape index (κ3) is 3.69. The van der Waals surface area contributed by atoms with Gasteiger partial charge in [-0.25, -0.2) is 4.98 Å². The maximum Gasteiger partial charge on any atom is 0.294 e. The highest BCUT2D eigenvalue weighted by Gasteiger charge is 2.47. The van der Waals surface area contributed by atoms with Gasteiger partial charge >= 0.3 is 0 Å². The molecule has 6 nitrogen and oxygen atoms in total. The van der Waals surface area contributed by atoms with Crippen molar-refractivity contribution in [2.75, 3.05) is 12.0 Å². The number of methoxy groups -OCH3 is 1. The van der Waals surface area contributed by atoms with E-state index in [2.05, 4.69) is 4.98 Å². The molecule has 0 saturated carbocycles. The van der Waals surface area contributed by atoms with Crippen molar-refractivity contribution in [3.8, 4) is 16.3 Å². The van der Waals surface area contributed by atoms with Crippen LogP contribution in [0.5, 0.6) is 5.88 Å². The number of aromatic nitrogens is 1. The Labute approximate surface area is 190 Å². The quantitative estimate of drug-likeness (QED) is 0.570. The van der Waals surface area contributed by atoms with Crippen molar-refractivity contribution in [2.24, 2.45) is 5.41 Å². The van der Waals surface area contributed by atoms with Gasteiger partial charge in [-0.1, -0.05) is 39.0 Å². The number of nitrogens with zero attached hydrogens (tertiary/aromatic N) is 2. The number of aliphatic hydroxyl groups excluding tert-OH is 1. The van der Waals surface area contributed by atoms with Crippen LogP contribution in [0.1, 0.15) is 32.4 Å². The summed E-state index contributed by atoms with van der Waals surface area (Å²) in [6.45, 7) is 5.28. The number of hydrogen-bond donors (Lipinski definition) is 1. The van der Waals surface area contributed by atoms with E-state index in [1.807, 2.05) is 41.8 Å². The van der Waals surface area contributed by atoms with Crippen LogP contribution < -0.4 is 9.64 Å². The Morgan fingerprint density at radius 3 is 2.44 bits per heavy atom. The predicted octanol–water partition coefficient (Wildman–Crippen LogP) is 5.33. The van der Waals surface area contributed by atoms with Crippen LogP contribution in [0.15, 0.2) is 71.4 Å². The zero-order valence-electron chi connectivity index (χ0n) is 18.3. The van der Waals surface area contributed by atoms with Crippen LogP contribution in [0.3, 0.4) is 0 Å². The van der Waals surface area contributed by atoms with Crippen LogP contribution in [0.4, 0.5) is 5.69 Å².